The Hall–Kier alpha value is -3.45. The summed E-state index contributed by atoms with van der Waals surface area (Å²) in [6.07, 6.45) is 6.32. The highest BCUT2D eigenvalue weighted by Crippen LogP contribution is 2.29. The van der Waals surface area contributed by atoms with Crippen LogP contribution in [0.2, 0.25) is 0 Å². The Balaban J connectivity index is 1.89. The molecule has 0 saturated carbocycles. The van der Waals surface area contributed by atoms with Gasteiger partial charge < -0.3 is 0 Å². The van der Waals surface area contributed by atoms with Crippen LogP contribution < -0.4 is 0 Å². The molecule has 0 unspecified atom stereocenters. The Morgan fingerprint density at radius 1 is 1.04 bits per heavy atom. The van der Waals surface area contributed by atoms with Crippen molar-refractivity contribution < 1.29 is 0 Å². The molecule has 0 aliphatic heterocycles. The maximum Gasteiger partial charge on any atom is 0.0945 e. The van der Waals surface area contributed by atoms with Crippen LogP contribution in [0.15, 0.2) is 61.1 Å². The highest BCUT2D eigenvalue weighted by Gasteiger charge is 2.09. The fourth-order valence-corrected chi connectivity index (χ4v) is 3.05. The summed E-state index contributed by atoms with van der Waals surface area (Å²) in [5.74, 6) is 6.39. The normalized spacial score (nSPS) is 10.5. The molecule has 0 saturated heterocycles. The zero-order chi connectivity index (χ0) is 17.9. The SMILES string of the molecule is CCc1cc2nncc(C#Cc3cnn(C)c3)c2cc1-c1ccccc1. The van der Waals surface area contributed by atoms with Crippen LogP contribution in [0.5, 0.6) is 0 Å². The van der Waals surface area contributed by atoms with E-state index in [9.17, 15) is 0 Å². The molecule has 4 aromatic rings. The van der Waals surface area contributed by atoms with Gasteiger partial charge in [0.25, 0.3) is 0 Å². The van der Waals surface area contributed by atoms with Gasteiger partial charge in [-0.25, -0.2) is 0 Å². The Morgan fingerprint density at radius 3 is 2.62 bits per heavy atom. The van der Waals surface area contributed by atoms with Gasteiger partial charge in [0, 0.05) is 18.6 Å². The molecule has 0 fully saturated rings. The van der Waals surface area contributed by atoms with Crippen molar-refractivity contribution in [2.75, 3.05) is 0 Å². The average molecular weight is 338 g/mol. The monoisotopic (exact) mass is 338 g/mol. The van der Waals surface area contributed by atoms with E-state index in [1.54, 1.807) is 17.1 Å². The zero-order valence-corrected chi connectivity index (χ0v) is 14.8. The van der Waals surface area contributed by atoms with Gasteiger partial charge in [0.15, 0.2) is 0 Å². The third kappa shape index (κ3) is 3.07. The molecule has 0 aliphatic carbocycles. The number of fused-ring (bicyclic) bond motifs is 1. The third-order valence-corrected chi connectivity index (χ3v) is 4.38. The first-order valence-corrected chi connectivity index (χ1v) is 8.59. The number of rotatable bonds is 2. The smallest absolute Gasteiger partial charge is 0.0945 e. The summed E-state index contributed by atoms with van der Waals surface area (Å²) in [7, 11) is 1.88. The fraction of sp³-hybridized carbons (Fsp3) is 0.136. The molecule has 26 heavy (non-hydrogen) atoms. The summed E-state index contributed by atoms with van der Waals surface area (Å²) >= 11 is 0. The quantitative estimate of drug-likeness (QED) is 0.519. The molecule has 4 heteroatoms. The molecule has 0 radical (unpaired) electrons. The lowest BCUT2D eigenvalue weighted by atomic mass is 9.95. The largest absolute Gasteiger partial charge is 0.275 e. The second-order valence-corrected chi connectivity index (χ2v) is 6.16. The number of aromatic nitrogens is 4. The van der Waals surface area contributed by atoms with Crippen LogP contribution in [0.25, 0.3) is 22.0 Å². The van der Waals surface area contributed by atoms with E-state index in [1.807, 2.05) is 19.3 Å². The third-order valence-electron chi connectivity index (χ3n) is 4.38. The molecular formula is C22H18N4. The Bertz CT molecular complexity index is 1130. The van der Waals surface area contributed by atoms with Crippen molar-refractivity contribution in [3.05, 3.63) is 77.7 Å². The zero-order valence-electron chi connectivity index (χ0n) is 14.8. The number of hydrogen-bond donors (Lipinski definition) is 0. The number of benzene rings is 2. The van der Waals surface area contributed by atoms with Crippen molar-refractivity contribution in [3.63, 3.8) is 0 Å². The van der Waals surface area contributed by atoms with E-state index >= 15 is 0 Å². The van der Waals surface area contributed by atoms with Crippen molar-refractivity contribution in [3.8, 4) is 23.0 Å². The van der Waals surface area contributed by atoms with Gasteiger partial charge in [-0.1, -0.05) is 49.1 Å². The molecule has 0 spiro atoms. The van der Waals surface area contributed by atoms with E-state index in [0.717, 1.165) is 28.5 Å². The van der Waals surface area contributed by atoms with Crippen molar-refractivity contribution >= 4 is 10.9 Å². The minimum absolute atomic E-state index is 0.874. The van der Waals surface area contributed by atoms with E-state index in [1.165, 1.54) is 16.7 Å². The van der Waals surface area contributed by atoms with Crippen LogP contribution in [0.3, 0.4) is 0 Å². The maximum absolute atomic E-state index is 4.31. The first kappa shape index (κ1) is 16.0. The molecule has 0 bridgehead atoms. The molecule has 4 nitrogen and oxygen atoms in total. The molecule has 0 N–H and O–H groups in total. The number of hydrogen-bond acceptors (Lipinski definition) is 3. The summed E-state index contributed by atoms with van der Waals surface area (Å²) in [6, 6.07) is 14.7. The van der Waals surface area contributed by atoms with Crippen molar-refractivity contribution in [1.29, 1.82) is 0 Å². The van der Waals surface area contributed by atoms with Gasteiger partial charge in [-0.05, 0) is 35.2 Å². The molecule has 126 valence electrons. The van der Waals surface area contributed by atoms with Crippen LogP contribution in [0.1, 0.15) is 23.6 Å². The highest BCUT2D eigenvalue weighted by atomic mass is 15.2. The lowest BCUT2D eigenvalue weighted by Crippen LogP contribution is -1.94. The second-order valence-electron chi connectivity index (χ2n) is 6.16. The molecule has 0 amide bonds. The van der Waals surface area contributed by atoms with Crippen molar-refractivity contribution in [2.24, 2.45) is 7.05 Å². The van der Waals surface area contributed by atoms with Gasteiger partial charge >= 0.3 is 0 Å². The standard InChI is InChI=1S/C22H18N4/c1-3-17-11-22-21(12-20(17)18-7-5-4-6-8-18)19(14-23-25-22)10-9-16-13-24-26(2)15-16/h4-8,11-15H,3H2,1-2H3. The Labute approximate surface area is 152 Å². The van der Waals surface area contributed by atoms with Crippen LogP contribution >= 0.6 is 0 Å². The second kappa shape index (κ2) is 6.81. The predicted octanol–water partition coefficient (Wildman–Crippen LogP) is 3.99. The summed E-state index contributed by atoms with van der Waals surface area (Å²) < 4.78 is 1.74. The van der Waals surface area contributed by atoms with Crippen LogP contribution in [-0.4, -0.2) is 20.0 Å². The molecule has 2 aromatic heterocycles. The van der Waals surface area contributed by atoms with Crippen molar-refractivity contribution in [2.45, 2.75) is 13.3 Å². The first-order valence-electron chi connectivity index (χ1n) is 8.59. The number of nitrogens with zero attached hydrogens (tertiary/aromatic N) is 4. The van der Waals surface area contributed by atoms with E-state index in [0.29, 0.717) is 0 Å². The van der Waals surface area contributed by atoms with E-state index in [2.05, 4.69) is 70.5 Å². The van der Waals surface area contributed by atoms with Gasteiger partial charge in [0.1, 0.15) is 0 Å². The van der Waals surface area contributed by atoms with Gasteiger partial charge in [0.05, 0.1) is 29.0 Å². The Morgan fingerprint density at radius 2 is 1.88 bits per heavy atom. The van der Waals surface area contributed by atoms with E-state index < -0.39 is 0 Å². The highest BCUT2D eigenvalue weighted by molar-refractivity contribution is 5.90. The van der Waals surface area contributed by atoms with Crippen molar-refractivity contribution in [1.82, 2.24) is 20.0 Å². The molecular weight excluding hydrogens is 320 g/mol. The lowest BCUT2D eigenvalue weighted by Gasteiger charge is -2.10. The van der Waals surface area contributed by atoms with Crippen LogP contribution in [-0.2, 0) is 13.5 Å². The van der Waals surface area contributed by atoms with Gasteiger partial charge in [-0.15, -0.1) is 0 Å². The lowest BCUT2D eigenvalue weighted by molar-refractivity contribution is 0.767. The molecule has 2 aromatic carbocycles. The number of aryl methyl sites for hydroxylation is 2. The van der Waals surface area contributed by atoms with E-state index in [-0.39, 0.29) is 0 Å². The Kier molecular flexibility index (Phi) is 4.20. The summed E-state index contributed by atoms with van der Waals surface area (Å²) in [5, 5.41) is 13.6. The average Bonchev–Trinajstić information content (AvgIpc) is 3.11. The maximum atomic E-state index is 4.31. The molecule has 0 atom stereocenters. The van der Waals surface area contributed by atoms with Crippen LogP contribution in [0, 0.1) is 11.8 Å². The summed E-state index contributed by atoms with van der Waals surface area (Å²) in [4.78, 5) is 0. The topological polar surface area (TPSA) is 43.6 Å². The first-order chi connectivity index (χ1) is 12.7. The molecule has 2 heterocycles. The van der Waals surface area contributed by atoms with E-state index in [4.69, 9.17) is 0 Å². The van der Waals surface area contributed by atoms with Gasteiger partial charge in [-0.3, -0.25) is 4.68 Å². The predicted molar refractivity (Wildman–Crippen MR) is 104 cm³/mol. The van der Waals surface area contributed by atoms with Gasteiger partial charge in [-0.2, -0.15) is 15.3 Å². The molecule has 0 aliphatic rings. The minimum atomic E-state index is 0.874. The summed E-state index contributed by atoms with van der Waals surface area (Å²) in [5.41, 5.74) is 6.31. The summed E-state index contributed by atoms with van der Waals surface area (Å²) in [6.45, 7) is 2.16. The van der Waals surface area contributed by atoms with Gasteiger partial charge in [0.2, 0.25) is 0 Å². The minimum Gasteiger partial charge on any atom is -0.275 e. The molecule has 4 rings (SSSR count). The fourth-order valence-electron chi connectivity index (χ4n) is 3.05. The van der Waals surface area contributed by atoms with Crippen LogP contribution in [0.4, 0.5) is 0 Å².